The zero-order valence-corrected chi connectivity index (χ0v) is 18.5. The molecule has 1 aromatic rings. The summed E-state index contributed by atoms with van der Waals surface area (Å²) in [5.74, 6) is -1.58. The van der Waals surface area contributed by atoms with E-state index in [4.69, 9.17) is 16.4 Å². The van der Waals surface area contributed by atoms with Crippen LogP contribution in [0.15, 0.2) is 28.4 Å². The molecule has 0 radical (unpaired) electrons. The number of carbonyl (C=O) groups excluding carboxylic acids is 2. The monoisotopic (exact) mass is 447 g/mol. The lowest BCUT2D eigenvalue weighted by molar-refractivity contribution is -0.127. The van der Waals surface area contributed by atoms with Crippen molar-refractivity contribution in [1.29, 1.82) is 0 Å². The summed E-state index contributed by atoms with van der Waals surface area (Å²) in [7, 11) is -2.00. The van der Waals surface area contributed by atoms with E-state index >= 15 is 0 Å². The molecule has 0 bridgehead atoms. The minimum atomic E-state index is -4.28. The molecule has 0 spiro atoms. The summed E-state index contributed by atoms with van der Waals surface area (Å²) in [5.41, 5.74) is 0.143. The number of halogens is 1. The van der Waals surface area contributed by atoms with Crippen molar-refractivity contribution < 1.29 is 28.0 Å². The molecule has 1 rings (SSSR count). The van der Waals surface area contributed by atoms with Gasteiger partial charge in [-0.25, -0.2) is 8.42 Å². The third-order valence-corrected chi connectivity index (χ3v) is 6.51. The number of rotatable bonds is 11. The number of nitrogens with one attached hydrogen (secondary N) is 2. The minimum Gasteiger partial charge on any atom is -0.504 e. The number of allylic oxidation sites excluding steroid dienone is 2. The van der Waals surface area contributed by atoms with Crippen LogP contribution in [0.3, 0.4) is 0 Å². The zero-order chi connectivity index (χ0) is 22.4. The smallest absolute Gasteiger partial charge is 0.269 e. The van der Waals surface area contributed by atoms with E-state index in [0.717, 1.165) is 27.0 Å². The predicted octanol–water partition coefficient (Wildman–Crippen LogP) is 2.42. The van der Waals surface area contributed by atoms with Crippen LogP contribution in [0.5, 0.6) is 5.75 Å². The minimum absolute atomic E-state index is 0.0661. The summed E-state index contributed by atoms with van der Waals surface area (Å²) in [6.07, 6.45) is 1.70. The van der Waals surface area contributed by atoms with Crippen LogP contribution in [0.25, 0.3) is 0 Å². The fourth-order valence-electron chi connectivity index (χ4n) is 2.52. The topological polar surface area (TPSA) is 125 Å². The first-order valence-electron chi connectivity index (χ1n) is 8.83. The van der Waals surface area contributed by atoms with Crippen molar-refractivity contribution in [2.45, 2.75) is 44.6 Å². The number of aromatic hydroxyl groups is 1. The highest BCUT2D eigenvalue weighted by atomic mass is 35.5. The van der Waals surface area contributed by atoms with Gasteiger partial charge in [0.2, 0.25) is 5.78 Å². The van der Waals surface area contributed by atoms with Crippen LogP contribution in [0, 0.1) is 0 Å². The van der Waals surface area contributed by atoms with E-state index in [1.807, 2.05) is 13.8 Å². The first-order chi connectivity index (χ1) is 13.5. The van der Waals surface area contributed by atoms with E-state index in [0.29, 0.717) is 10.2 Å². The summed E-state index contributed by atoms with van der Waals surface area (Å²) < 4.78 is 25.7. The molecule has 0 saturated heterocycles. The normalized spacial score (nSPS) is 12.7. The molecule has 1 aromatic carbocycles. The number of carbonyl (C=O) groups is 2. The number of sulfonamides is 1. The van der Waals surface area contributed by atoms with Crippen LogP contribution >= 0.6 is 11.6 Å². The standard InChI is InChI=1S/C18H26ClN3O6S/c1-6-12(7-2)20-11(3)16(15(24)10-23)21-14-9-8-13(19)18(17(14)25)29(26,27)22(4)28-5/h8-10,12,20-21,25H,6-7H2,1-5H3/b16-11-. The van der Waals surface area contributed by atoms with Crippen LogP contribution in [0.2, 0.25) is 5.02 Å². The number of nitrogens with zero attached hydrogens (tertiary/aromatic N) is 1. The molecule has 0 aromatic heterocycles. The van der Waals surface area contributed by atoms with Crippen LogP contribution in [-0.4, -0.2) is 50.3 Å². The highest BCUT2D eigenvalue weighted by Crippen LogP contribution is 2.38. The molecule has 0 unspecified atom stereocenters. The Balaban J connectivity index is 3.51. The second kappa shape index (κ2) is 10.6. The average Bonchev–Trinajstić information content (AvgIpc) is 2.69. The maximum Gasteiger partial charge on any atom is 0.269 e. The second-order valence-electron chi connectivity index (χ2n) is 6.13. The van der Waals surface area contributed by atoms with E-state index in [9.17, 15) is 23.1 Å². The third-order valence-electron chi connectivity index (χ3n) is 4.33. The highest BCUT2D eigenvalue weighted by molar-refractivity contribution is 7.89. The largest absolute Gasteiger partial charge is 0.504 e. The summed E-state index contributed by atoms with van der Waals surface area (Å²) >= 11 is 5.99. The third kappa shape index (κ3) is 5.69. The molecule has 0 aliphatic rings. The molecular formula is C18H26ClN3O6S. The Kier molecular flexibility index (Phi) is 9.09. The van der Waals surface area contributed by atoms with Gasteiger partial charge in [-0.1, -0.05) is 29.9 Å². The van der Waals surface area contributed by atoms with Crippen molar-refractivity contribution in [1.82, 2.24) is 9.79 Å². The zero-order valence-electron chi connectivity index (χ0n) is 16.9. The molecular weight excluding hydrogens is 422 g/mol. The Hall–Kier alpha value is -2.14. The number of phenolic OH excluding ortho intramolecular Hbond substituents is 1. The first kappa shape index (κ1) is 24.9. The Bertz CT molecular complexity index is 897. The fraction of sp³-hybridized carbons (Fsp3) is 0.444. The summed E-state index contributed by atoms with van der Waals surface area (Å²) in [4.78, 5) is 27.4. The van der Waals surface area contributed by atoms with Gasteiger partial charge in [0.15, 0.2) is 12.0 Å². The summed E-state index contributed by atoms with van der Waals surface area (Å²) in [5, 5.41) is 16.1. The van der Waals surface area contributed by atoms with Crippen molar-refractivity contribution >= 4 is 39.4 Å². The molecule has 9 nitrogen and oxygen atoms in total. The van der Waals surface area contributed by atoms with Crippen LogP contribution < -0.4 is 10.6 Å². The molecule has 0 saturated carbocycles. The molecule has 29 heavy (non-hydrogen) atoms. The van der Waals surface area contributed by atoms with Crippen molar-refractivity contribution in [3.63, 3.8) is 0 Å². The quantitative estimate of drug-likeness (QED) is 0.155. The van der Waals surface area contributed by atoms with Gasteiger partial charge < -0.3 is 15.7 Å². The molecule has 0 aliphatic heterocycles. The lowest BCUT2D eigenvalue weighted by Gasteiger charge is -2.21. The number of benzene rings is 1. The number of hydrogen-bond donors (Lipinski definition) is 3. The number of aldehydes is 1. The second-order valence-corrected chi connectivity index (χ2v) is 8.41. The van der Waals surface area contributed by atoms with E-state index in [1.165, 1.54) is 12.1 Å². The molecule has 0 heterocycles. The first-order valence-corrected chi connectivity index (χ1v) is 10.6. The fourth-order valence-corrected chi connectivity index (χ4v) is 4.09. The Morgan fingerprint density at radius 3 is 2.41 bits per heavy atom. The molecule has 0 atom stereocenters. The van der Waals surface area contributed by atoms with Gasteiger partial charge in [0.25, 0.3) is 10.0 Å². The van der Waals surface area contributed by atoms with Crippen molar-refractivity contribution in [2.24, 2.45) is 0 Å². The number of Topliss-reactive ketones (excluding diaryl/α,β-unsaturated/α-hetero) is 1. The van der Waals surface area contributed by atoms with Gasteiger partial charge in [-0.05, 0) is 31.9 Å². The van der Waals surface area contributed by atoms with Gasteiger partial charge in [0.1, 0.15) is 10.6 Å². The van der Waals surface area contributed by atoms with E-state index in [1.54, 1.807) is 6.92 Å². The number of ketones is 1. The number of hydrogen-bond acceptors (Lipinski definition) is 8. The van der Waals surface area contributed by atoms with Gasteiger partial charge in [0.05, 0.1) is 17.8 Å². The molecule has 162 valence electrons. The average molecular weight is 448 g/mol. The van der Waals surface area contributed by atoms with Gasteiger partial charge in [0, 0.05) is 18.8 Å². The lowest BCUT2D eigenvalue weighted by atomic mass is 10.1. The van der Waals surface area contributed by atoms with Crippen molar-refractivity contribution in [3.8, 4) is 5.75 Å². The molecule has 11 heteroatoms. The van der Waals surface area contributed by atoms with Crippen LogP contribution in [-0.2, 0) is 24.4 Å². The van der Waals surface area contributed by atoms with Gasteiger partial charge in [-0.15, -0.1) is 0 Å². The molecule has 0 amide bonds. The van der Waals surface area contributed by atoms with E-state index < -0.39 is 26.5 Å². The van der Waals surface area contributed by atoms with E-state index in [2.05, 4.69) is 10.6 Å². The maximum absolute atomic E-state index is 12.6. The van der Waals surface area contributed by atoms with Crippen LogP contribution in [0.1, 0.15) is 33.6 Å². The Morgan fingerprint density at radius 2 is 1.93 bits per heavy atom. The number of phenols is 1. The summed E-state index contributed by atoms with van der Waals surface area (Å²) in [6.45, 7) is 5.54. The Morgan fingerprint density at radius 1 is 1.34 bits per heavy atom. The van der Waals surface area contributed by atoms with Crippen molar-refractivity contribution in [2.75, 3.05) is 19.5 Å². The molecule has 0 fully saturated rings. The number of hydroxylamine groups is 1. The Labute approximate surface area is 175 Å². The van der Waals surface area contributed by atoms with Crippen LogP contribution in [0.4, 0.5) is 5.69 Å². The predicted molar refractivity (Wildman–Crippen MR) is 110 cm³/mol. The van der Waals surface area contributed by atoms with E-state index in [-0.39, 0.29) is 28.7 Å². The SMILES string of the molecule is CCC(CC)N/C(C)=C(\Nc1ccc(Cl)c(S(=O)(=O)N(C)OC)c1O)C(=O)C=O. The lowest BCUT2D eigenvalue weighted by Crippen LogP contribution is -2.30. The molecule has 3 N–H and O–H groups in total. The highest BCUT2D eigenvalue weighted by Gasteiger charge is 2.30. The maximum atomic E-state index is 12.6. The number of anilines is 1. The summed E-state index contributed by atoms with van der Waals surface area (Å²) in [6, 6.07) is 2.61. The van der Waals surface area contributed by atoms with Gasteiger partial charge in [-0.3, -0.25) is 14.4 Å². The van der Waals surface area contributed by atoms with Gasteiger partial charge in [-0.2, -0.15) is 0 Å². The van der Waals surface area contributed by atoms with Crippen molar-refractivity contribution in [3.05, 3.63) is 28.5 Å². The molecule has 0 aliphatic carbocycles. The van der Waals surface area contributed by atoms with Gasteiger partial charge >= 0.3 is 0 Å².